The lowest BCUT2D eigenvalue weighted by molar-refractivity contribution is 0.0747. The maximum Gasteiger partial charge on any atom is 0.321 e. The van der Waals surface area contributed by atoms with E-state index in [4.69, 9.17) is 4.52 Å². The molecule has 2 aromatic rings. The van der Waals surface area contributed by atoms with Crippen LogP contribution in [-0.2, 0) is 6.54 Å². The fourth-order valence-corrected chi connectivity index (χ4v) is 3.03. The van der Waals surface area contributed by atoms with Crippen LogP contribution in [-0.4, -0.2) is 46.6 Å². The van der Waals surface area contributed by atoms with Gasteiger partial charge in [0.05, 0.1) is 6.54 Å². The van der Waals surface area contributed by atoms with Crippen molar-refractivity contribution in [3.05, 3.63) is 41.5 Å². The summed E-state index contributed by atoms with van der Waals surface area (Å²) in [6, 6.07) is 7.00. The minimum atomic E-state index is -0.138. The molecule has 0 bridgehead atoms. The third-order valence-corrected chi connectivity index (χ3v) is 4.67. The molecule has 8 nitrogen and oxygen atoms in total. The first-order valence-electron chi connectivity index (χ1n) is 8.93. The van der Waals surface area contributed by atoms with E-state index in [0.717, 1.165) is 18.5 Å². The van der Waals surface area contributed by atoms with Crippen LogP contribution in [0.25, 0.3) is 0 Å². The highest BCUT2D eigenvalue weighted by molar-refractivity contribution is 5.98. The first-order valence-corrected chi connectivity index (χ1v) is 8.93. The Hall–Kier alpha value is -2.90. The van der Waals surface area contributed by atoms with Gasteiger partial charge in [-0.15, -0.1) is 0 Å². The molecule has 1 N–H and O–H groups in total. The van der Waals surface area contributed by atoms with Crippen LogP contribution in [0, 0.1) is 0 Å². The average molecular weight is 355 g/mol. The second kappa shape index (κ2) is 6.78. The summed E-state index contributed by atoms with van der Waals surface area (Å²) in [7, 11) is 0. The van der Waals surface area contributed by atoms with Crippen LogP contribution >= 0.6 is 0 Å². The fourth-order valence-electron chi connectivity index (χ4n) is 3.03. The molecule has 3 amide bonds. The zero-order chi connectivity index (χ0) is 18.1. The van der Waals surface area contributed by atoms with Crippen molar-refractivity contribution < 1.29 is 14.1 Å². The Morgan fingerprint density at radius 3 is 2.96 bits per heavy atom. The Labute approximate surface area is 151 Å². The number of nitrogens with zero attached hydrogens (tertiary/aromatic N) is 4. The van der Waals surface area contributed by atoms with Crippen molar-refractivity contribution in [1.82, 2.24) is 20.4 Å². The molecule has 4 rings (SSSR count). The van der Waals surface area contributed by atoms with Crippen molar-refractivity contribution in [2.75, 3.05) is 24.5 Å². The summed E-state index contributed by atoms with van der Waals surface area (Å²) in [5, 5.41) is 6.76. The predicted octanol–water partition coefficient (Wildman–Crippen LogP) is 2.14. The summed E-state index contributed by atoms with van der Waals surface area (Å²) in [5.41, 5.74) is 1.26. The molecule has 1 saturated heterocycles. The number of carbonyl (C=O) groups excluding carboxylic acids is 2. The van der Waals surface area contributed by atoms with Gasteiger partial charge < -0.3 is 14.7 Å². The summed E-state index contributed by atoms with van der Waals surface area (Å²) in [6.45, 7) is 3.96. The van der Waals surface area contributed by atoms with Crippen LogP contribution in [0.3, 0.4) is 0 Å². The summed E-state index contributed by atoms with van der Waals surface area (Å²) >= 11 is 0. The normalized spacial score (nSPS) is 16.7. The molecule has 0 radical (unpaired) electrons. The number of urea groups is 1. The predicted molar refractivity (Wildman–Crippen MR) is 93.9 cm³/mol. The summed E-state index contributed by atoms with van der Waals surface area (Å²) in [5.74, 6) is 1.47. The number of anilines is 1. The molecule has 2 aliphatic rings. The molecule has 0 atom stereocenters. The maximum atomic E-state index is 12.9. The molecule has 2 heterocycles. The maximum absolute atomic E-state index is 12.9. The number of nitrogens with one attached hydrogen (secondary N) is 1. The Morgan fingerprint density at radius 1 is 1.42 bits per heavy atom. The fraction of sp³-hybridized carbons (Fsp3) is 0.444. The van der Waals surface area contributed by atoms with Crippen molar-refractivity contribution in [3.63, 3.8) is 0 Å². The van der Waals surface area contributed by atoms with Gasteiger partial charge in [-0.25, -0.2) is 4.79 Å². The van der Waals surface area contributed by atoms with Crippen molar-refractivity contribution in [1.29, 1.82) is 0 Å². The number of benzene rings is 1. The third kappa shape index (κ3) is 3.26. The lowest BCUT2D eigenvalue weighted by Gasteiger charge is -2.20. The van der Waals surface area contributed by atoms with E-state index >= 15 is 0 Å². The third-order valence-electron chi connectivity index (χ3n) is 4.67. The van der Waals surface area contributed by atoms with E-state index < -0.39 is 0 Å². The van der Waals surface area contributed by atoms with Gasteiger partial charge in [0.2, 0.25) is 5.89 Å². The number of hydrogen-bond donors (Lipinski definition) is 1. The molecule has 1 aromatic carbocycles. The van der Waals surface area contributed by atoms with Crippen molar-refractivity contribution in [2.45, 2.75) is 32.2 Å². The summed E-state index contributed by atoms with van der Waals surface area (Å²) in [4.78, 5) is 32.4. The van der Waals surface area contributed by atoms with Gasteiger partial charge in [0.15, 0.2) is 5.82 Å². The van der Waals surface area contributed by atoms with Gasteiger partial charge in [0, 0.05) is 36.8 Å². The van der Waals surface area contributed by atoms with Gasteiger partial charge in [-0.2, -0.15) is 4.98 Å². The van der Waals surface area contributed by atoms with Crippen molar-refractivity contribution in [3.8, 4) is 0 Å². The molecule has 1 aliphatic heterocycles. The summed E-state index contributed by atoms with van der Waals surface area (Å²) < 4.78 is 5.27. The van der Waals surface area contributed by atoms with Gasteiger partial charge in [-0.05, 0) is 38.0 Å². The van der Waals surface area contributed by atoms with Gasteiger partial charge in [-0.3, -0.25) is 9.69 Å². The largest absolute Gasteiger partial charge is 0.339 e. The first kappa shape index (κ1) is 16.6. The second-order valence-electron chi connectivity index (χ2n) is 6.58. The number of hydrogen-bond acceptors (Lipinski definition) is 5. The monoisotopic (exact) mass is 355 g/mol. The molecule has 1 saturated carbocycles. The van der Waals surface area contributed by atoms with Crippen LogP contribution in [0.4, 0.5) is 10.5 Å². The molecular weight excluding hydrogens is 334 g/mol. The molecule has 0 unspecified atom stereocenters. The van der Waals surface area contributed by atoms with E-state index in [-0.39, 0.29) is 11.9 Å². The quantitative estimate of drug-likeness (QED) is 0.857. The number of amides is 3. The van der Waals surface area contributed by atoms with E-state index in [1.54, 1.807) is 28.0 Å². The van der Waals surface area contributed by atoms with Crippen LogP contribution in [0.2, 0.25) is 0 Å². The molecule has 26 heavy (non-hydrogen) atoms. The van der Waals surface area contributed by atoms with Gasteiger partial charge >= 0.3 is 6.03 Å². The first-order chi connectivity index (χ1) is 12.7. The van der Waals surface area contributed by atoms with E-state index in [1.807, 2.05) is 13.0 Å². The highest BCUT2D eigenvalue weighted by atomic mass is 16.5. The van der Waals surface area contributed by atoms with E-state index in [1.165, 1.54) is 0 Å². The van der Waals surface area contributed by atoms with Crippen LogP contribution in [0.5, 0.6) is 0 Å². The Balaban J connectivity index is 1.49. The minimum absolute atomic E-state index is 0.119. The van der Waals surface area contributed by atoms with Gasteiger partial charge in [0.1, 0.15) is 0 Å². The minimum Gasteiger partial charge on any atom is -0.339 e. The molecule has 1 aromatic heterocycles. The van der Waals surface area contributed by atoms with E-state index in [9.17, 15) is 9.59 Å². The molecule has 0 spiro atoms. The summed E-state index contributed by atoms with van der Waals surface area (Å²) in [6.07, 6.45) is 2.18. The topological polar surface area (TPSA) is 91.6 Å². The number of rotatable bonds is 6. The van der Waals surface area contributed by atoms with Gasteiger partial charge in [-0.1, -0.05) is 11.2 Å². The smallest absolute Gasteiger partial charge is 0.321 e. The second-order valence-corrected chi connectivity index (χ2v) is 6.58. The van der Waals surface area contributed by atoms with E-state index in [0.29, 0.717) is 49.4 Å². The molecule has 1 aliphatic carbocycles. The van der Waals surface area contributed by atoms with Crippen molar-refractivity contribution >= 4 is 17.6 Å². The number of aromatic nitrogens is 2. The zero-order valence-electron chi connectivity index (χ0n) is 14.6. The van der Waals surface area contributed by atoms with Crippen LogP contribution < -0.4 is 10.2 Å². The van der Waals surface area contributed by atoms with Gasteiger partial charge in [0.25, 0.3) is 5.91 Å². The van der Waals surface area contributed by atoms with Crippen LogP contribution in [0.1, 0.15) is 47.8 Å². The lowest BCUT2D eigenvalue weighted by atomic mass is 10.1. The Kier molecular flexibility index (Phi) is 4.32. The standard InChI is InChI=1S/C18H21N5O3/c1-2-22(11-15-20-16(26-21-15)12-6-7-12)17(24)13-4-3-5-14(10-13)23-9-8-19-18(23)25/h3-5,10,12H,2,6-9,11H2,1H3,(H,19,25). The average Bonchev–Trinajstić information content (AvgIpc) is 3.26. The van der Waals surface area contributed by atoms with E-state index in [2.05, 4.69) is 15.5 Å². The zero-order valence-corrected chi connectivity index (χ0v) is 14.6. The van der Waals surface area contributed by atoms with Crippen LogP contribution in [0.15, 0.2) is 28.8 Å². The molecule has 136 valence electrons. The molecular formula is C18H21N5O3. The Morgan fingerprint density at radius 2 is 2.27 bits per heavy atom. The highest BCUT2D eigenvalue weighted by Crippen LogP contribution is 2.38. The van der Waals surface area contributed by atoms with Crippen molar-refractivity contribution in [2.24, 2.45) is 0 Å². The lowest BCUT2D eigenvalue weighted by Crippen LogP contribution is -2.31. The SMILES string of the molecule is CCN(Cc1noc(C2CC2)n1)C(=O)c1cccc(N2CCNC2=O)c1. The molecule has 8 heteroatoms. The Bertz CT molecular complexity index is 830. The highest BCUT2D eigenvalue weighted by Gasteiger charge is 2.30. The number of carbonyl (C=O) groups is 2. The molecule has 2 fully saturated rings.